The first-order valence-electron chi connectivity index (χ1n) is 9.87. The van der Waals surface area contributed by atoms with Crippen molar-refractivity contribution in [3.8, 4) is 0 Å². The summed E-state index contributed by atoms with van der Waals surface area (Å²) in [5.74, 6) is 0. The minimum atomic E-state index is -1.22. The number of hydrogen-bond acceptors (Lipinski definition) is 1. The molecule has 0 aromatic heterocycles. The molecule has 1 unspecified atom stereocenters. The van der Waals surface area contributed by atoms with Gasteiger partial charge in [0.15, 0.2) is 0 Å². The van der Waals surface area contributed by atoms with Crippen molar-refractivity contribution in [2.45, 2.75) is 55.0 Å². The summed E-state index contributed by atoms with van der Waals surface area (Å²) < 4.78 is 7.93. The molecule has 0 saturated carbocycles. The number of benzene rings is 2. The zero-order chi connectivity index (χ0) is 21.2. The van der Waals surface area contributed by atoms with Crippen LogP contribution in [0.15, 0.2) is 70.3 Å². The monoisotopic (exact) mass is 614 g/mol. The van der Waals surface area contributed by atoms with Crippen LogP contribution in [0, 0.1) is 5.41 Å². The number of hydrogen-bond donors (Lipinski definition) is 0. The van der Waals surface area contributed by atoms with E-state index in [4.69, 9.17) is 4.43 Å². The van der Waals surface area contributed by atoms with E-state index >= 15 is 0 Å². The van der Waals surface area contributed by atoms with E-state index in [1.54, 1.807) is 0 Å². The summed E-state index contributed by atoms with van der Waals surface area (Å²) in [5, 5.41) is 2.60. The van der Waals surface area contributed by atoms with Crippen LogP contribution in [-0.4, -0.2) is 34.9 Å². The van der Waals surface area contributed by atoms with E-state index in [9.17, 15) is 0 Å². The summed E-state index contributed by atoms with van der Waals surface area (Å²) in [6, 6.07) is 21.3. The van der Waals surface area contributed by atoms with Gasteiger partial charge in [0.05, 0.1) is 0 Å². The predicted molar refractivity (Wildman–Crippen MR) is 138 cm³/mol. The van der Waals surface area contributed by atoms with Crippen molar-refractivity contribution >= 4 is 61.8 Å². The molecule has 2 aromatic rings. The van der Waals surface area contributed by atoms with Crippen LogP contribution in [0.4, 0.5) is 0 Å². The Morgan fingerprint density at radius 2 is 1.36 bits per heavy atom. The molecule has 0 aliphatic rings. The van der Waals surface area contributed by atoms with Crippen molar-refractivity contribution in [2.24, 2.45) is 5.41 Å². The molecular formula is C24H35IOSiSn. The first-order chi connectivity index (χ1) is 13.1. The van der Waals surface area contributed by atoms with Crippen molar-refractivity contribution < 1.29 is 4.43 Å². The van der Waals surface area contributed by atoms with Crippen molar-refractivity contribution in [1.29, 1.82) is 0 Å². The van der Waals surface area contributed by atoms with E-state index in [0.717, 1.165) is 6.42 Å². The fraction of sp³-hybridized carbons (Fsp3) is 0.417. The molecule has 0 heterocycles. The van der Waals surface area contributed by atoms with Gasteiger partial charge >= 0.3 is 34.6 Å². The summed E-state index contributed by atoms with van der Waals surface area (Å²) in [4.78, 5) is 7.09. The van der Waals surface area contributed by atoms with Crippen LogP contribution in [-0.2, 0) is 4.43 Å². The number of halogens is 1. The molecule has 0 fully saturated rings. The number of allylic oxidation sites excluding steroid dienone is 1. The normalized spacial score (nSPS) is 13.3. The minimum absolute atomic E-state index is 0.199. The Morgan fingerprint density at radius 1 is 0.964 bits per heavy atom. The molecule has 0 N–H and O–H groups in total. The Hall–Kier alpha value is -0.114. The Labute approximate surface area is 195 Å². The number of rotatable bonds is 6. The van der Waals surface area contributed by atoms with Crippen LogP contribution in [0.3, 0.4) is 0 Å². The molecule has 4 heteroatoms. The maximum atomic E-state index is 6.56. The molecule has 1 nitrogen and oxygen atoms in total. The molecule has 152 valence electrons. The van der Waals surface area contributed by atoms with Gasteiger partial charge in [-0.1, -0.05) is 87.5 Å². The molecule has 0 saturated heterocycles. The van der Waals surface area contributed by atoms with Gasteiger partial charge in [-0.15, -0.1) is 0 Å². The zero-order valence-electron chi connectivity index (χ0n) is 18.4. The molecular weight excluding hydrogens is 578 g/mol. The fourth-order valence-electron chi connectivity index (χ4n) is 2.53. The van der Waals surface area contributed by atoms with Crippen LogP contribution in [0.25, 0.3) is 0 Å². The summed E-state index contributed by atoms with van der Waals surface area (Å²) in [5.41, 5.74) is 0.211. The van der Waals surface area contributed by atoms with Crippen LogP contribution in [0.2, 0.25) is 14.8 Å². The summed E-state index contributed by atoms with van der Waals surface area (Å²) in [6.45, 7) is 8.90. The molecule has 0 aliphatic carbocycles. The topological polar surface area (TPSA) is 9.23 Å². The summed E-state index contributed by atoms with van der Waals surface area (Å²) in [6.07, 6.45) is 3.50. The third-order valence-corrected chi connectivity index (χ3v) is 6.57. The predicted octanol–water partition coefficient (Wildman–Crippen LogP) is 6.32. The standard InChI is InChI=1S/C21H26IOSi.3CH3.Sn/c1-17(15-18(22)16-21(2,3)4)23-24(19-11-7-5-8-12-19)20-13-9-6-10-14-20;;;;/h5-14,16-17H,15H2,1-4H3;3*1H3;/b18-16-;;;;. The first-order valence-corrected chi connectivity index (χ1v) is 20.9. The van der Waals surface area contributed by atoms with Gasteiger partial charge in [-0.2, -0.15) is 0 Å². The molecule has 0 amide bonds. The zero-order valence-corrected chi connectivity index (χ0v) is 24.4. The molecule has 28 heavy (non-hydrogen) atoms. The van der Waals surface area contributed by atoms with Crippen molar-refractivity contribution in [2.75, 3.05) is 0 Å². The molecule has 0 aliphatic heterocycles. The van der Waals surface area contributed by atoms with Gasteiger partial charge in [0.2, 0.25) is 0 Å². The van der Waals surface area contributed by atoms with E-state index in [2.05, 4.69) is 132 Å². The van der Waals surface area contributed by atoms with Crippen molar-refractivity contribution in [3.05, 3.63) is 70.3 Å². The van der Waals surface area contributed by atoms with Gasteiger partial charge in [0.25, 0.3) is 9.04 Å². The molecule has 1 atom stereocenters. The molecule has 2 aromatic carbocycles. The van der Waals surface area contributed by atoms with E-state index in [-0.39, 0.29) is 11.5 Å². The van der Waals surface area contributed by atoms with Gasteiger partial charge < -0.3 is 4.43 Å². The van der Waals surface area contributed by atoms with E-state index in [1.165, 1.54) is 14.0 Å². The average molecular weight is 613 g/mol. The Balaban J connectivity index is 0.000000892. The third kappa shape index (κ3) is 11.8. The van der Waals surface area contributed by atoms with Crippen molar-refractivity contribution in [3.63, 3.8) is 0 Å². The Morgan fingerprint density at radius 3 is 1.71 bits per heavy atom. The second-order valence-corrected chi connectivity index (χ2v) is 20.6. The Bertz CT molecular complexity index is 653. The van der Waals surface area contributed by atoms with Crippen molar-refractivity contribution in [1.82, 2.24) is 0 Å². The molecule has 2 rings (SSSR count). The second-order valence-electron chi connectivity index (χ2n) is 8.65. The summed E-state index contributed by atoms with van der Waals surface area (Å²) in [7, 11) is -1.22. The van der Waals surface area contributed by atoms with Crippen LogP contribution < -0.4 is 10.4 Å². The van der Waals surface area contributed by atoms with E-state index < -0.39 is 28.8 Å². The van der Waals surface area contributed by atoms with Gasteiger partial charge in [0, 0.05) is 12.5 Å². The van der Waals surface area contributed by atoms with Crippen LogP contribution in [0.5, 0.6) is 0 Å². The Kier molecular flexibility index (Phi) is 12.3. The molecule has 2 radical (unpaired) electrons. The quantitative estimate of drug-likeness (QED) is 0.274. The summed E-state index contributed by atoms with van der Waals surface area (Å²) >= 11 is 1.91. The van der Waals surface area contributed by atoms with Crippen LogP contribution in [0.1, 0.15) is 34.1 Å². The fourth-order valence-corrected chi connectivity index (χ4v) is 6.16. The SMILES string of the molecule is CC(C/C(I)=C/C(C)(C)C)O[Si](c1ccccc1)c1ccccc1.[CH3][Sn]([CH3])[CH3]. The maximum absolute atomic E-state index is 6.56. The third-order valence-electron chi connectivity index (χ3n) is 3.46. The van der Waals surface area contributed by atoms with Gasteiger partial charge in [0.1, 0.15) is 0 Å². The van der Waals surface area contributed by atoms with Gasteiger partial charge in [-0.05, 0) is 48.9 Å². The second kappa shape index (κ2) is 13.2. The first kappa shape index (κ1) is 25.9. The van der Waals surface area contributed by atoms with Gasteiger partial charge in [-0.3, -0.25) is 0 Å². The molecule has 0 spiro atoms. The molecule has 0 bridgehead atoms. The van der Waals surface area contributed by atoms with E-state index in [1.807, 2.05) is 0 Å². The van der Waals surface area contributed by atoms with E-state index in [0.29, 0.717) is 0 Å². The van der Waals surface area contributed by atoms with Gasteiger partial charge in [-0.25, -0.2) is 0 Å². The average Bonchev–Trinajstić information content (AvgIpc) is 2.59. The van der Waals surface area contributed by atoms with Crippen LogP contribution >= 0.6 is 22.6 Å².